The van der Waals surface area contributed by atoms with Crippen LogP contribution in [0, 0.1) is 5.92 Å². The molecule has 1 fully saturated rings. The lowest BCUT2D eigenvalue weighted by Gasteiger charge is -2.30. The fraction of sp³-hybridized carbons (Fsp3) is 0.579. The van der Waals surface area contributed by atoms with Gasteiger partial charge in [-0.05, 0) is 37.0 Å². The molecule has 1 saturated heterocycles. The Balaban J connectivity index is 2.04. The normalized spacial score (nSPS) is 17.8. The number of hydrogen-bond donors (Lipinski definition) is 0. The summed E-state index contributed by atoms with van der Waals surface area (Å²) in [6.07, 6.45) is 2.05. The van der Waals surface area contributed by atoms with Crippen LogP contribution >= 0.6 is 0 Å². The summed E-state index contributed by atoms with van der Waals surface area (Å²) < 4.78 is 31.6. The molecule has 2 rings (SSSR count). The number of amides is 1. The topological polar surface area (TPSA) is 84.0 Å². The molecule has 1 aromatic carbocycles. The third-order valence-electron chi connectivity index (χ3n) is 4.75. The van der Waals surface area contributed by atoms with Crippen LogP contribution in [0.4, 0.5) is 0 Å². The molecule has 0 radical (unpaired) electrons. The third-order valence-corrected chi connectivity index (χ3v) is 6.80. The molecular formula is C19H28N2O5S. The highest BCUT2D eigenvalue weighted by Gasteiger charge is 2.24. The molecule has 27 heavy (non-hydrogen) atoms. The number of carbonyl (C=O) groups is 2. The number of benzene rings is 1. The molecule has 1 atom stereocenters. The van der Waals surface area contributed by atoms with Gasteiger partial charge in [0.15, 0.2) is 6.61 Å². The minimum absolute atomic E-state index is 0.0387. The lowest BCUT2D eigenvalue weighted by molar-refractivity contribution is -0.136. The molecule has 1 aliphatic rings. The maximum Gasteiger partial charge on any atom is 0.338 e. The molecule has 8 heteroatoms. The maximum absolute atomic E-state index is 12.6. The Hall–Kier alpha value is -1.93. The maximum atomic E-state index is 12.6. The Labute approximate surface area is 161 Å². The van der Waals surface area contributed by atoms with E-state index in [9.17, 15) is 18.0 Å². The molecule has 0 N–H and O–H groups in total. The number of hydrogen-bond acceptors (Lipinski definition) is 5. The van der Waals surface area contributed by atoms with Crippen molar-refractivity contribution < 1.29 is 22.7 Å². The van der Waals surface area contributed by atoms with Crippen LogP contribution in [-0.2, 0) is 19.6 Å². The second-order valence-electron chi connectivity index (χ2n) is 6.78. The first kappa shape index (κ1) is 21.4. The van der Waals surface area contributed by atoms with Gasteiger partial charge in [0.2, 0.25) is 10.0 Å². The zero-order chi connectivity index (χ0) is 20.0. The standard InChI is InChI=1S/C19H28N2O5S/c1-4-21(5-2)27(24,25)17-10-6-9-16(12-17)19(23)26-14-18(22)20-11-7-8-15(3)13-20/h6,9-10,12,15H,4-5,7-8,11,13-14H2,1-3H3/t15-/m0/s1. The van der Waals surface area contributed by atoms with Gasteiger partial charge >= 0.3 is 5.97 Å². The van der Waals surface area contributed by atoms with Gasteiger partial charge in [-0.2, -0.15) is 4.31 Å². The zero-order valence-corrected chi connectivity index (χ0v) is 17.0. The summed E-state index contributed by atoms with van der Waals surface area (Å²) in [5.74, 6) is -0.479. The molecule has 1 aromatic rings. The van der Waals surface area contributed by atoms with Crippen molar-refractivity contribution in [2.24, 2.45) is 5.92 Å². The number of likely N-dealkylation sites (tertiary alicyclic amines) is 1. The van der Waals surface area contributed by atoms with Crippen LogP contribution in [0.3, 0.4) is 0 Å². The van der Waals surface area contributed by atoms with Gasteiger partial charge < -0.3 is 9.64 Å². The number of rotatable bonds is 7. The van der Waals surface area contributed by atoms with Crippen molar-refractivity contribution in [1.82, 2.24) is 9.21 Å². The van der Waals surface area contributed by atoms with Crippen LogP contribution < -0.4 is 0 Å². The van der Waals surface area contributed by atoms with Gasteiger partial charge in [0.05, 0.1) is 10.5 Å². The monoisotopic (exact) mass is 396 g/mol. The smallest absolute Gasteiger partial charge is 0.338 e. The van der Waals surface area contributed by atoms with Crippen molar-refractivity contribution in [1.29, 1.82) is 0 Å². The summed E-state index contributed by atoms with van der Waals surface area (Å²) in [4.78, 5) is 26.3. The van der Waals surface area contributed by atoms with E-state index in [0.717, 1.165) is 12.8 Å². The minimum Gasteiger partial charge on any atom is -0.452 e. The van der Waals surface area contributed by atoms with Gasteiger partial charge in [-0.25, -0.2) is 13.2 Å². The van der Waals surface area contributed by atoms with Gasteiger partial charge in [0.1, 0.15) is 0 Å². The van der Waals surface area contributed by atoms with E-state index in [1.54, 1.807) is 18.7 Å². The molecule has 1 heterocycles. The summed E-state index contributed by atoms with van der Waals surface area (Å²) in [6, 6.07) is 5.73. The Morgan fingerprint density at radius 2 is 1.96 bits per heavy atom. The molecule has 0 bridgehead atoms. The van der Waals surface area contributed by atoms with Crippen LogP contribution in [0.15, 0.2) is 29.2 Å². The predicted molar refractivity (Wildman–Crippen MR) is 102 cm³/mol. The molecule has 0 aliphatic carbocycles. The molecular weight excluding hydrogens is 368 g/mol. The van der Waals surface area contributed by atoms with Crippen LogP contribution in [0.5, 0.6) is 0 Å². The second kappa shape index (κ2) is 9.32. The van der Waals surface area contributed by atoms with E-state index in [1.165, 1.54) is 28.6 Å². The molecule has 150 valence electrons. The average molecular weight is 397 g/mol. The van der Waals surface area contributed by atoms with Gasteiger partial charge in [-0.1, -0.05) is 26.8 Å². The second-order valence-corrected chi connectivity index (χ2v) is 8.72. The molecule has 1 aliphatic heterocycles. The van der Waals surface area contributed by atoms with Gasteiger partial charge in [0, 0.05) is 26.2 Å². The van der Waals surface area contributed by atoms with Gasteiger partial charge in [-0.3, -0.25) is 4.79 Å². The Morgan fingerprint density at radius 3 is 2.59 bits per heavy atom. The number of piperidine rings is 1. The van der Waals surface area contributed by atoms with Crippen LogP contribution in [0.2, 0.25) is 0 Å². The van der Waals surface area contributed by atoms with Gasteiger partial charge in [0.25, 0.3) is 5.91 Å². The predicted octanol–water partition coefficient (Wildman–Crippen LogP) is 2.13. The van der Waals surface area contributed by atoms with E-state index in [2.05, 4.69) is 6.92 Å². The van der Waals surface area contributed by atoms with E-state index < -0.39 is 16.0 Å². The van der Waals surface area contributed by atoms with E-state index in [-0.39, 0.29) is 23.0 Å². The first-order valence-corrected chi connectivity index (χ1v) is 10.8. The average Bonchev–Trinajstić information content (AvgIpc) is 2.66. The summed E-state index contributed by atoms with van der Waals surface area (Å²) in [5, 5.41) is 0. The Kier molecular flexibility index (Phi) is 7.38. The lowest BCUT2D eigenvalue weighted by atomic mass is 10.0. The quantitative estimate of drug-likeness (QED) is 0.659. The van der Waals surface area contributed by atoms with Crippen molar-refractivity contribution >= 4 is 21.9 Å². The number of nitrogens with zero attached hydrogens (tertiary/aromatic N) is 2. The highest BCUT2D eigenvalue weighted by atomic mass is 32.2. The van der Waals surface area contributed by atoms with E-state index in [4.69, 9.17) is 4.74 Å². The molecule has 1 amide bonds. The van der Waals surface area contributed by atoms with E-state index in [0.29, 0.717) is 32.1 Å². The van der Waals surface area contributed by atoms with Crippen molar-refractivity contribution in [3.8, 4) is 0 Å². The first-order chi connectivity index (χ1) is 12.8. The molecule has 0 saturated carbocycles. The minimum atomic E-state index is -3.66. The fourth-order valence-corrected chi connectivity index (χ4v) is 4.72. The van der Waals surface area contributed by atoms with Gasteiger partial charge in [-0.15, -0.1) is 0 Å². The summed E-state index contributed by atoms with van der Waals surface area (Å²) >= 11 is 0. The summed E-state index contributed by atoms with van der Waals surface area (Å²) in [5.41, 5.74) is 0.114. The zero-order valence-electron chi connectivity index (χ0n) is 16.2. The Bertz CT molecular complexity index is 774. The highest BCUT2D eigenvalue weighted by Crippen LogP contribution is 2.18. The first-order valence-electron chi connectivity index (χ1n) is 9.34. The van der Waals surface area contributed by atoms with Crippen molar-refractivity contribution in [3.05, 3.63) is 29.8 Å². The third kappa shape index (κ3) is 5.29. The van der Waals surface area contributed by atoms with Crippen molar-refractivity contribution in [2.45, 2.75) is 38.5 Å². The molecule has 0 aromatic heterocycles. The Morgan fingerprint density at radius 1 is 1.26 bits per heavy atom. The number of esters is 1. The van der Waals surface area contributed by atoms with E-state index >= 15 is 0 Å². The van der Waals surface area contributed by atoms with Crippen LogP contribution in [0.1, 0.15) is 44.0 Å². The summed E-state index contributed by atoms with van der Waals surface area (Å²) in [7, 11) is -3.66. The van der Waals surface area contributed by atoms with E-state index in [1.807, 2.05) is 0 Å². The molecule has 0 unspecified atom stereocenters. The largest absolute Gasteiger partial charge is 0.452 e. The molecule has 0 spiro atoms. The molecule has 7 nitrogen and oxygen atoms in total. The van der Waals surface area contributed by atoms with Crippen molar-refractivity contribution in [2.75, 3.05) is 32.8 Å². The fourth-order valence-electron chi connectivity index (χ4n) is 3.21. The number of carbonyl (C=O) groups excluding carboxylic acids is 2. The highest BCUT2D eigenvalue weighted by molar-refractivity contribution is 7.89. The number of ether oxygens (including phenoxy) is 1. The lowest BCUT2D eigenvalue weighted by Crippen LogP contribution is -2.41. The van der Waals surface area contributed by atoms with Crippen LogP contribution in [-0.4, -0.2) is 62.3 Å². The number of sulfonamides is 1. The van der Waals surface area contributed by atoms with Crippen molar-refractivity contribution in [3.63, 3.8) is 0 Å². The van der Waals surface area contributed by atoms with Crippen LogP contribution in [0.25, 0.3) is 0 Å². The SMILES string of the molecule is CCN(CC)S(=O)(=O)c1cccc(C(=O)OCC(=O)N2CCC[C@H](C)C2)c1. The summed E-state index contributed by atoms with van der Waals surface area (Å²) in [6.45, 7) is 7.31.